The number of nitrogens with zero attached hydrogens (tertiary/aromatic N) is 1. The molecule has 0 saturated carbocycles. The Morgan fingerprint density at radius 3 is 2.59 bits per heavy atom. The monoisotopic (exact) mass is 408 g/mol. The lowest BCUT2D eigenvalue weighted by molar-refractivity contribution is -0.137. The molecule has 0 bridgehead atoms. The summed E-state index contributed by atoms with van der Waals surface area (Å²) in [5.41, 5.74) is -1.18. The minimum absolute atomic E-state index is 0.0481. The quantitative estimate of drug-likeness (QED) is 0.744. The van der Waals surface area contributed by atoms with Gasteiger partial charge in [-0.25, -0.2) is 0 Å². The van der Waals surface area contributed by atoms with Crippen molar-refractivity contribution in [3.05, 3.63) is 35.4 Å². The number of carbonyl (C=O) groups is 2. The van der Waals surface area contributed by atoms with Gasteiger partial charge in [-0.15, -0.1) is 0 Å². The van der Waals surface area contributed by atoms with Gasteiger partial charge < -0.3 is 10.2 Å². The van der Waals surface area contributed by atoms with Gasteiger partial charge in [-0.2, -0.15) is 21.6 Å². The van der Waals surface area contributed by atoms with Crippen molar-refractivity contribution in [1.82, 2.24) is 10.2 Å². The van der Waals surface area contributed by atoms with E-state index in [1.54, 1.807) is 6.92 Å². The number of halogens is 3. The third-order valence-electron chi connectivity index (χ3n) is 4.02. The summed E-state index contributed by atoms with van der Waals surface area (Å²) in [7, 11) is -3.66. The normalized spacial score (nSPS) is 20.6. The standard InChI is InChI=1S/C16H19F3N2O5S/c1-10-6-13(26-27(2,24)25)9-21(10)14(22)8-20-15(23)11-4-3-5-12(7-11)16(17,18)19/h3-5,7,10,13H,6,8-9H2,1-2H3,(H,20,23)/t10-,13+/m1/s1. The first-order valence-electron chi connectivity index (χ1n) is 8.00. The molecule has 1 aromatic rings. The number of benzene rings is 1. The molecule has 1 N–H and O–H groups in total. The first-order chi connectivity index (χ1) is 12.4. The summed E-state index contributed by atoms with van der Waals surface area (Å²) in [5, 5.41) is 2.28. The largest absolute Gasteiger partial charge is 0.416 e. The number of hydrogen-bond donors (Lipinski definition) is 1. The Morgan fingerprint density at radius 1 is 1.33 bits per heavy atom. The Kier molecular flexibility index (Phi) is 6.15. The predicted molar refractivity (Wildman–Crippen MR) is 89.3 cm³/mol. The van der Waals surface area contributed by atoms with Crippen molar-refractivity contribution in [2.75, 3.05) is 19.3 Å². The first-order valence-corrected chi connectivity index (χ1v) is 9.81. The molecule has 0 aromatic heterocycles. The summed E-state index contributed by atoms with van der Waals surface area (Å²) in [4.78, 5) is 25.6. The molecule has 2 rings (SSSR count). The molecule has 0 spiro atoms. The summed E-state index contributed by atoms with van der Waals surface area (Å²) < 4.78 is 65.3. The van der Waals surface area contributed by atoms with Gasteiger partial charge in [-0.05, 0) is 31.5 Å². The van der Waals surface area contributed by atoms with E-state index >= 15 is 0 Å². The van der Waals surface area contributed by atoms with E-state index in [9.17, 15) is 31.2 Å². The van der Waals surface area contributed by atoms with Crippen molar-refractivity contribution < 1.29 is 35.4 Å². The number of nitrogens with one attached hydrogen (secondary N) is 1. The van der Waals surface area contributed by atoms with E-state index in [1.165, 1.54) is 11.0 Å². The van der Waals surface area contributed by atoms with Crippen molar-refractivity contribution in [2.45, 2.75) is 31.7 Å². The molecule has 1 fully saturated rings. The second-order valence-corrected chi connectivity index (χ2v) is 7.92. The van der Waals surface area contributed by atoms with E-state index in [0.717, 1.165) is 18.4 Å². The maximum atomic E-state index is 12.7. The molecule has 1 aromatic carbocycles. The van der Waals surface area contributed by atoms with Crippen LogP contribution in [0.4, 0.5) is 13.2 Å². The van der Waals surface area contributed by atoms with Gasteiger partial charge >= 0.3 is 6.18 Å². The summed E-state index contributed by atoms with van der Waals surface area (Å²) in [6.45, 7) is 1.33. The van der Waals surface area contributed by atoms with Crippen molar-refractivity contribution in [1.29, 1.82) is 0 Å². The summed E-state index contributed by atoms with van der Waals surface area (Å²) >= 11 is 0. The van der Waals surface area contributed by atoms with E-state index in [4.69, 9.17) is 4.18 Å². The summed E-state index contributed by atoms with van der Waals surface area (Å²) in [5.74, 6) is -1.30. The molecule has 0 radical (unpaired) electrons. The Bertz CT molecular complexity index is 826. The minimum Gasteiger partial charge on any atom is -0.343 e. The number of amides is 2. The zero-order valence-electron chi connectivity index (χ0n) is 14.6. The Morgan fingerprint density at radius 2 is 2.00 bits per heavy atom. The van der Waals surface area contributed by atoms with E-state index in [0.29, 0.717) is 12.5 Å². The number of carbonyl (C=O) groups excluding carboxylic acids is 2. The topological polar surface area (TPSA) is 92.8 Å². The van der Waals surface area contributed by atoms with Crippen LogP contribution in [-0.2, 0) is 25.3 Å². The Labute approximate surface area is 154 Å². The van der Waals surface area contributed by atoms with Gasteiger partial charge in [0.2, 0.25) is 5.91 Å². The van der Waals surface area contributed by atoms with Crippen LogP contribution in [0.2, 0.25) is 0 Å². The number of rotatable bonds is 5. The average Bonchev–Trinajstić information content (AvgIpc) is 2.90. The smallest absolute Gasteiger partial charge is 0.343 e. The Balaban J connectivity index is 1.94. The molecular weight excluding hydrogens is 389 g/mol. The van der Waals surface area contributed by atoms with E-state index in [1.807, 2.05) is 0 Å². The third kappa shape index (κ3) is 5.93. The summed E-state index contributed by atoms with van der Waals surface area (Å²) in [6.07, 6.45) is -4.01. The van der Waals surface area contributed by atoms with Crippen molar-refractivity contribution >= 4 is 21.9 Å². The lowest BCUT2D eigenvalue weighted by Gasteiger charge is -2.21. The van der Waals surface area contributed by atoms with Crippen LogP contribution >= 0.6 is 0 Å². The molecule has 1 saturated heterocycles. The van der Waals surface area contributed by atoms with E-state index in [2.05, 4.69) is 5.32 Å². The fourth-order valence-electron chi connectivity index (χ4n) is 2.84. The lowest BCUT2D eigenvalue weighted by atomic mass is 10.1. The highest BCUT2D eigenvalue weighted by molar-refractivity contribution is 7.86. The fourth-order valence-corrected chi connectivity index (χ4v) is 3.48. The maximum absolute atomic E-state index is 12.7. The van der Waals surface area contributed by atoms with Crippen LogP contribution in [0, 0.1) is 0 Å². The highest BCUT2D eigenvalue weighted by atomic mass is 32.2. The molecular formula is C16H19F3N2O5S. The second kappa shape index (κ2) is 7.85. The summed E-state index contributed by atoms with van der Waals surface area (Å²) in [6, 6.07) is 3.57. The number of hydrogen-bond acceptors (Lipinski definition) is 5. The average molecular weight is 408 g/mol. The SMILES string of the molecule is C[C@@H]1C[C@H](OS(C)(=O)=O)CN1C(=O)CNC(=O)c1cccc(C(F)(F)F)c1. The van der Waals surface area contributed by atoms with Crippen LogP contribution in [0.25, 0.3) is 0 Å². The van der Waals surface area contributed by atoms with Crippen molar-refractivity contribution in [2.24, 2.45) is 0 Å². The van der Waals surface area contributed by atoms with Gasteiger partial charge in [0, 0.05) is 18.2 Å². The molecule has 7 nitrogen and oxygen atoms in total. The Hall–Kier alpha value is -2.14. The van der Waals surface area contributed by atoms with Crippen molar-refractivity contribution in [3.8, 4) is 0 Å². The van der Waals surface area contributed by atoms with Crippen LogP contribution in [0.15, 0.2) is 24.3 Å². The zero-order chi connectivity index (χ0) is 20.4. The van der Waals surface area contributed by atoms with Crippen LogP contribution in [-0.4, -0.2) is 56.6 Å². The van der Waals surface area contributed by atoms with Crippen LogP contribution in [0.1, 0.15) is 29.3 Å². The van der Waals surface area contributed by atoms with Gasteiger partial charge in [-0.3, -0.25) is 13.8 Å². The predicted octanol–water partition coefficient (Wildman–Crippen LogP) is 1.40. The van der Waals surface area contributed by atoms with Crippen LogP contribution in [0.3, 0.4) is 0 Å². The van der Waals surface area contributed by atoms with E-state index < -0.39 is 46.3 Å². The van der Waals surface area contributed by atoms with Gasteiger partial charge in [-0.1, -0.05) is 6.07 Å². The highest BCUT2D eigenvalue weighted by Gasteiger charge is 2.35. The second-order valence-electron chi connectivity index (χ2n) is 6.31. The number of likely N-dealkylation sites (tertiary alicyclic amines) is 1. The maximum Gasteiger partial charge on any atom is 0.416 e. The molecule has 0 unspecified atom stereocenters. The molecule has 2 amide bonds. The van der Waals surface area contributed by atoms with Crippen LogP contribution < -0.4 is 5.32 Å². The van der Waals surface area contributed by atoms with Crippen molar-refractivity contribution in [3.63, 3.8) is 0 Å². The minimum atomic E-state index is -4.58. The number of alkyl halides is 3. The fraction of sp³-hybridized carbons (Fsp3) is 0.500. The van der Waals surface area contributed by atoms with Gasteiger partial charge in [0.15, 0.2) is 0 Å². The lowest BCUT2D eigenvalue weighted by Crippen LogP contribution is -2.42. The zero-order valence-corrected chi connectivity index (χ0v) is 15.4. The molecule has 150 valence electrons. The van der Waals surface area contributed by atoms with Gasteiger partial charge in [0.05, 0.1) is 24.5 Å². The molecule has 2 atom stereocenters. The molecule has 1 aliphatic heterocycles. The molecule has 27 heavy (non-hydrogen) atoms. The molecule has 0 aliphatic carbocycles. The first kappa shape index (κ1) is 21.2. The molecule has 1 heterocycles. The molecule has 1 aliphatic rings. The van der Waals surface area contributed by atoms with Gasteiger partial charge in [0.25, 0.3) is 16.0 Å². The molecule has 11 heteroatoms. The van der Waals surface area contributed by atoms with Crippen LogP contribution in [0.5, 0.6) is 0 Å². The van der Waals surface area contributed by atoms with E-state index in [-0.39, 0.29) is 18.2 Å². The third-order valence-corrected chi connectivity index (χ3v) is 4.64. The highest BCUT2D eigenvalue weighted by Crippen LogP contribution is 2.29. The van der Waals surface area contributed by atoms with Gasteiger partial charge in [0.1, 0.15) is 0 Å².